The molecule has 1 atom stereocenters. The van der Waals surface area contributed by atoms with Gasteiger partial charge in [-0.25, -0.2) is 0 Å². The highest BCUT2D eigenvalue weighted by molar-refractivity contribution is 6.04. The van der Waals surface area contributed by atoms with Crippen LogP contribution in [0.25, 0.3) is 21.8 Å². The zero-order valence-corrected chi connectivity index (χ0v) is 53.0. The molecule has 0 fully saturated rings. The van der Waals surface area contributed by atoms with Crippen molar-refractivity contribution in [1.29, 1.82) is 0 Å². The fraction of sp³-hybridized carbons (Fsp3) is 0.597. The zero-order valence-electron chi connectivity index (χ0n) is 53.0. The molecule has 24 nitrogen and oxygen atoms in total. The van der Waals surface area contributed by atoms with Gasteiger partial charge in [0.15, 0.2) is 12.0 Å². The minimum absolute atomic E-state index is 0.116. The first-order chi connectivity index (χ1) is 41.4. The van der Waals surface area contributed by atoms with Crippen molar-refractivity contribution in [3.8, 4) is 0 Å². The molecular weight excluding hydrogens is 1110 g/mol. The van der Waals surface area contributed by atoms with Crippen LogP contribution in [-0.4, -0.2) is 176 Å². The highest BCUT2D eigenvalue weighted by atomic mass is 16.5. The fourth-order valence-electron chi connectivity index (χ4n) is 7.56. The molecule has 0 aliphatic heterocycles. The Balaban J connectivity index is -0.00000129. The predicted molar refractivity (Wildman–Crippen MR) is 340 cm³/mol. The number of unbranched alkanes of at least 4 members (excludes halogenated alkanes) is 2. The first kappa shape index (κ1) is 83.4. The lowest BCUT2D eigenvalue weighted by atomic mass is 9.91. The molecule has 0 saturated heterocycles. The maximum Gasteiger partial charge on any atom is 0.269 e. The van der Waals surface area contributed by atoms with Gasteiger partial charge < -0.3 is 72.1 Å². The first-order valence-corrected chi connectivity index (χ1v) is 29.1. The second kappa shape index (κ2) is 56.1. The summed E-state index contributed by atoms with van der Waals surface area (Å²) in [7, 11) is 3.21. The lowest BCUT2D eigenvalue weighted by Crippen LogP contribution is -2.44. The van der Waals surface area contributed by atoms with Crippen molar-refractivity contribution >= 4 is 65.4 Å². The third-order valence-corrected chi connectivity index (χ3v) is 11.6. The number of allylic oxidation sites excluding steroid dienone is 2. The molecule has 0 bridgehead atoms. The molecule has 4 aromatic rings. The molecule has 1 unspecified atom stereocenters. The third kappa shape index (κ3) is 44.7. The number of para-hydroxylation sites is 2. The number of nitrogens with two attached hydrogens (primary N) is 4. The Morgan fingerprint density at radius 1 is 0.593 bits per heavy atom. The third-order valence-electron chi connectivity index (χ3n) is 11.6. The average molecular weight is 1210 g/mol. The van der Waals surface area contributed by atoms with E-state index < -0.39 is 11.9 Å². The second-order valence-corrected chi connectivity index (χ2v) is 20.9. The van der Waals surface area contributed by atoms with E-state index in [0.29, 0.717) is 108 Å². The van der Waals surface area contributed by atoms with Crippen LogP contribution >= 0.6 is 0 Å². The number of fused-ring (bicyclic) bond motifs is 2. The number of nitrogens with one attached hydrogen (secondary N) is 3. The summed E-state index contributed by atoms with van der Waals surface area (Å²) >= 11 is 0. The molecule has 86 heavy (non-hydrogen) atoms. The molecule has 0 aliphatic carbocycles. The molecule has 0 saturated carbocycles. The highest BCUT2D eigenvalue weighted by Crippen LogP contribution is 2.22. The zero-order chi connectivity index (χ0) is 65.3. The summed E-state index contributed by atoms with van der Waals surface area (Å²) in [4.78, 5) is 71.8. The summed E-state index contributed by atoms with van der Waals surface area (Å²) < 4.78 is 36.8. The van der Waals surface area contributed by atoms with Crippen molar-refractivity contribution in [2.45, 2.75) is 125 Å². The van der Waals surface area contributed by atoms with Gasteiger partial charge in [-0.05, 0) is 94.8 Å². The summed E-state index contributed by atoms with van der Waals surface area (Å²) in [5.74, 6) is -0.753. The summed E-state index contributed by atoms with van der Waals surface area (Å²) in [6.07, 6.45) is 14.0. The molecular formula is C62H107N11O13. The molecule has 4 rings (SSSR count). The molecule has 2 aromatic carbocycles. The van der Waals surface area contributed by atoms with E-state index in [1.165, 1.54) is 7.05 Å². The summed E-state index contributed by atoms with van der Waals surface area (Å²) in [5.41, 5.74) is 21.7. The van der Waals surface area contributed by atoms with Crippen LogP contribution in [0.3, 0.4) is 0 Å². The number of benzene rings is 2. The fourth-order valence-corrected chi connectivity index (χ4v) is 7.56. The molecule has 11 N–H and O–H groups in total. The van der Waals surface area contributed by atoms with E-state index in [2.05, 4.69) is 98.0 Å². The average Bonchev–Trinajstić information content (AvgIpc) is 2.02. The number of hydrogen-bond donors (Lipinski definition) is 7. The van der Waals surface area contributed by atoms with Gasteiger partial charge in [0.1, 0.15) is 12.5 Å². The number of aldehydes is 1. The largest absolute Gasteiger partial charge is 0.379 e. The molecule has 488 valence electrons. The molecule has 24 heteroatoms. The van der Waals surface area contributed by atoms with Crippen LogP contribution in [0.5, 0.6) is 0 Å². The number of likely N-dealkylation sites (N-methyl/N-ethyl adjacent to an activating group) is 1. The van der Waals surface area contributed by atoms with Crippen LogP contribution in [0.2, 0.25) is 0 Å². The van der Waals surface area contributed by atoms with E-state index >= 15 is 0 Å². The predicted octanol–water partition coefficient (Wildman–Crippen LogP) is 5.85. The van der Waals surface area contributed by atoms with Crippen LogP contribution in [0.4, 0.5) is 0 Å². The molecule has 2 heterocycles. The van der Waals surface area contributed by atoms with Gasteiger partial charge in [-0.1, -0.05) is 90.1 Å². The first-order valence-electron chi connectivity index (χ1n) is 29.1. The van der Waals surface area contributed by atoms with Gasteiger partial charge in [0.25, 0.3) is 5.91 Å². The van der Waals surface area contributed by atoms with Crippen LogP contribution < -0.4 is 38.9 Å². The van der Waals surface area contributed by atoms with E-state index in [9.17, 15) is 19.2 Å². The SMILES string of the molecule is C=CCCCn1nc(C(N)=O)c2ccccc21.C=CCCCn1nc(C=O)c2ccccc21.C=O.CN.CNC(CCC(=O)NCCOCCOCCOCCCC(C)(C)C)C(=O)NCCOCCOCCOCCCC(C)(C)C.NC=O.NC=O. The van der Waals surface area contributed by atoms with Gasteiger partial charge in [-0.2, -0.15) is 10.2 Å². The van der Waals surface area contributed by atoms with Gasteiger partial charge >= 0.3 is 0 Å². The lowest BCUT2D eigenvalue weighted by molar-refractivity contribution is -0.124. The van der Waals surface area contributed by atoms with E-state index in [4.69, 9.17) is 48.5 Å². The van der Waals surface area contributed by atoms with Crippen molar-refractivity contribution in [3.63, 3.8) is 0 Å². The number of aromatic nitrogens is 4. The maximum atomic E-state index is 12.4. The molecule has 0 spiro atoms. The van der Waals surface area contributed by atoms with Crippen molar-refractivity contribution in [1.82, 2.24) is 35.5 Å². The number of aryl methyl sites for hydroxylation is 2. The Hall–Kier alpha value is -6.77. The topological polar surface area (TPSA) is 351 Å². The van der Waals surface area contributed by atoms with Gasteiger partial charge in [-0.3, -0.25) is 38.1 Å². The van der Waals surface area contributed by atoms with Gasteiger partial charge in [0, 0.05) is 56.6 Å². The Kier molecular flexibility index (Phi) is 54.4. The normalized spacial score (nSPS) is 10.8. The van der Waals surface area contributed by atoms with Crippen molar-refractivity contribution in [2.75, 3.05) is 106 Å². The van der Waals surface area contributed by atoms with Crippen LogP contribution in [0.15, 0.2) is 73.8 Å². The van der Waals surface area contributed by atoms with Crippen LogP contribution in [-0.2, 0) is 65.5 Å². The minimum Gasteiger partial charge on any atom is -0.379 e. The van der Waals surface area contributed by atoms with Gasteiger partial charge in [0.2, 0.25) is 24.6 Å². The van der Waals surface area contributed by atoms with E-state index in [-0.39, 0.29) is 31.1 Å². The van der Waals surface area contributed by atoms with Crippen LogP contribution in [0, 0.1) is 10.8 Å². The molecule has 0 radical (unpaired) electrons. The smallest absolute Gasteiger partial charge is 0.269 e. The lowest BCUT2D eigenvalue weighted by Gasteiger charge is -2.17. The number of nitrogens with zero attached hydrogens (tertiary/aromatic N) is 4. The standard InChI is InChI=1S/C32H65N3O8.C13H15N3O.C13H14N2O.2CH3NO.CH5N.CH2O/c1-31(2,3)12-8-16-38-20-24-42-26-22-40-18-14-34-29(36)11-10-28(33-7)30(37)35-15-19-41-23-27-43-25-21-39-17-9-13-32(4,5)6;1-2-3-6-9-16-11-8-5-4-7-10(11)12(15-16)13(14)17;1-2-3-6-9-15-13-8-5-4-7-11(13)12(10-16)14-15;2*2-1-3;2*1-2/h28,33H,8-27H2,1-7H3,(H,34,36)(H,35,37);2,4-5,7-8H,1,3,6,9H2,(H2,14,17);2,4-5,7-8,10H,1,3,6,9H2;2*1H,(H2,2,3);2H2,1H3;1H2. The number of hydrogen-bond acceptors (Lipinski definition) is 17. The number of amides is 5. The Bertz CT molecular complexity index is 2360. The van der Waals surface area contributed by atoms with Gasteiger partial charge in [-0.15, -0.1) is 13.2 Å². The second-order valence-electron chi connectivity index (χ2n) is 20.9. The van der Waals surface area contributed by atoms with Crippen molar-refractivity contribution < 1.29 is 62.0 Å². The summed E-state index contributed by atoms with van der Waals surface area (Å²) in [6.45, 7) is 31.6. The highest BCUT2D eigenvalue weighted by Gasteiger charge is 2.18. The van der Waals surface area contributed by atoms with E-state index in [1.807, 2.05) is 76.8 Å². The van der Waals surface area contributed by atoms with Crippen LogP contribution in [0.1, 0.15) is 127 Å². The molecule has 2 aromatic heterocycles. The Morgan fingerprint density at radius 3 is 1.38 bits per heavy atom. The van der Waals surface area contributed by atoms with E-state index in [1.54, 1.807) is 7.05 Å². The Morgan fingerprint density at radius 2 is 0.977 bits per heavy atom. The van der Waals surface area contributed by atoms with Crippen molar-refractivity contribution in [3.05, 3.63) is 85.2 Å². The summed E-state index contributed by atoms with van der Waals surface area (Å²) in [5, 5.41) is 18.9. The number of rotatable bonds is 39. The minimum atomic E-state index is -0.483. The quantitative estimate of drug-likeness (QED) is 0.0156. The number of carbonyl (C=O) groups is 7. The maximum absolute atomic E-state index is 12.4. The number of ether oxygens (including phenoxy) is 6. The van der Waals surface area contributed by atoms with Gasteiger partial charge in [0.05, 0.1) is 83.1 Å². The van der Waals surface area contributed by atoms with Crippen molar-refractivity contribution in [2.24, 2.45) is 33.8 Å². The Labute approximate surface area is 511 Å². The number of primary amides is 3. The molecule has 5 amide bonds. The van der Waals surface area contributed by atoms with E-state index in [0.717, 1.165) is 106 Å². The monoisotopic (exact) mass is 1210 g/mol. The summed E-state index contributed by atoms with van der Waals surface area (Å²) in [6, 6.07) is 15.0. The number of carbonyl (C=O) groups excluding carboxylic acids is 7. The molecule has 0 aliphatic rings.